The number of hydrogen-bond donors (Lipinski definition) is 1. The highest BCUT2D eigenvalue weighted by Crippen LogP contribution is 2.43. The number of nitrogens with one attached hydrogen (secondary N) is 1. The van der Waals surface area contributed by atoms with Crippen LogP contribution in [-0.4, -0.2) is 11.7 Å². The van der Waals surface area contributed by atoms with Gasteiger partial charge in [-0.15, -0.1) is 11.3 Å². The fourth-order valence-corrected chi connectivity index (χ4v) is 4.87. The summed E-state index contributed by atoms with van der Waals surface area (Å²) < 4.78 is 0. The Balaban J connectivity index is 1.72. The summed E-state index contributed by atoms with van der Waals surface area (Å²) >= 11 is 1.38. The Labute approximate surface area is 196 Å². The van der Waals surface area contributed by atoms with Crippen LogP contribution in [0.2, 0.25) is 0 Å². The molecule has 0 saturated carbocycles. The van der Waals surface area contributed by atoms with Crippen molar-refractivity contribution in [3.63, 3.8) is 0 Å². The van der Waals surface area contributed by atoms with Crippen LogP contribution in [0.15, 0.2) is 114 Å². The van der Waals surface area contributed by atoms with E-state index in [-0.39, 0.29) is 11.7 Å². The smallest absolute Gasteiger partial charge is 0.276 e. The van der Waals surface area contributed by atoms with Gasteiger partial charge in [-0.1, -0.05) is 66.7 Å². The fraction of sp³-hybridized carbons (Fsp3) is 0.0714. The molecule has 33 heavy (non-hydrogen) atoms. The number of hydrogen-bond acceptors (Lipinski definition) is 4. The normalized spacial score (nSPS) is 15.7. The minimum Gasteiger partial charge on any atom is -0.351 e. The fourth-order valence-electron chi connectivity index (χ4n) is 4.19. The van der Waals surface area contributed by atoms with Gasteiger partial charge in [0, 0.05) is 11.4 Å². The van der Waals surface area contributed by atoms with E-state index in [4.69, 9.17) is 0 Å². The highest BCUT2D eigenvalue weighted by atomic mass is 32.1. The van der Waals surface area contributed by atoms with Gasteiger partial charge in [0.05, 0.1) is 16.5 Å². The van der Waals surface area contributed by atoms with E-state index in [1.165, 1.54) is 11.3 Å². The molecule has 5 heteroatoms. The molecule has 3 aromatic carbocycles. The molecule has 1 aliphatic heterocycles. The summed E-state index contributed by atoms with van der Waals surface area (Å²) in [7, 11) is 0. The van der Waals surface area contributed by atoms with Gasteiger partial charge in [0.1, 0.15) is 5.70 Å². The molecule has 0 fully saturated rings. The van der Waals surface area contributed by atoms with Crippen molar-refractivity contribution < 1.29 is 9.59 Å². The SMILES string of the molecule is Cc1cccc(NC2=C(C(=O)c3cccs3)C(c3ccccc3)N(c3ccccc3)C2=O)c1. The maximum absolute atomic E-state index is 13.9. The molecule has 0 radical (unpaired) electrons. The Kier molecular flexibility index (Phi) is 5.63. The third kappa shape index (κ3) is 3.99. The molecule has 0 saturated heterocycles. The van der Waals surface area contributed by atoms with Gasteiger partial charge in [0.2, 0.25) is 5.78 Å². The molecule has 0 aliphatic carbocycles. The first-order valence-corrected chi connectivity index (χ1v) is 11.6. The summed E-state index contributed by atoms with van der Waals surface area (Å²) in [6, 6.07) is 30.2. The van der Waals surface area contributed by atoms with Crippen molar-refractivity contribution in [1.82, 2.24) is 0 Å². The number of aryl methyl sites for hydroxylation is 1. The Hall–Kier alpha value is -3.96. The van der Waals surface area contributed by atoms with E-state index < -0.39 is 6.04 Å². The van der Waals surface area contributed by atoms with Gasteiger partial charge in [-0.2, -0.15) is 0 Å². The molecule has 1 aliphatic rings. The van der Waals surface area contributed by atoms with Crippen molar-refractivity contribution in [2.75, 3.05) is 10.2 Å². The molecule has 1 unspecified atom stereocenters. The summed E-state index contributed by atoms with van der Waals surface area (Å²) in [5.41, 5.74) is 4.24. The second-order valence-electron chi connectivity index (χ2n) is 7.91. The van der Waals surface area contributed by atoms with E-state index >= 15 is 0 Å². The predicted octanol–water partition coefficient (Wildman–Crippen LogP) is 6.39. The number of benzene rings is 3. The van der Waals surface area contributed by atoms with Gasteiger partial charge in [-0.25, -0.2) is 0 Å². The molecule has 1 aromatic heterocycles. The second kappa shape index (κ2) is 8.88. The number of rotatable bonds is 6. The molecule has 0 bridgehead atoms. The summed E-state index contributed by atoms with van der Waals surface area (Å²) in [4.78, 5) is 30.1. The minimum atomic E-state index is -0.539. The van der Waals surface area contributed by atoms with E-state index in [1.54, 1.807) is 4.90 Å². The highest BCUT2D eigenvalue weighted by molar-refractivity contribution is 7.12. The van der Waals surface area contributed by atoms with Crippen molar-refractivity contribution in [2.45, 2.75) is 13.0 Å². The van der Waals surface area contributed by atoms with Crippen LogP contribution >= 0.6 is 11.3 Å². The highest BCUT2D eigenvalue weighted by Gasteiger charge is 2.44. The minimum absolute atomic E-state index is 0.138. The zero-order chi connectivity index (χ0) is 22.8. The van der Waals surface area contributed by atoms with Crippen LogP contribution < -0.4 is 10.2 Å². The average molecular weight is 451 g/mol. The first kappa shape index (κ1) is 20.9. The number of thiophene rings is 1. The lowest BCUT2D eigenvalue weighted by Crippen LogP contribution is -2.31. The molecule has 162 valence electrons. The Bertz CT molecular complexity index is 1330. The van der Waals surface area contributed by atoms with Crippen LogP contribution in [0.5, 0.6) is 0 Å². The van der Waals surface area contributed by atoms with Crippen LogP contribution in [0.25, 0.3) is 0 Å². The number of amides is 1. The maximum atomic E-state index is 13.9. The zero-order valence-electron chi connectivity index (χ0n) is 18.1. The number of nitrogens with zero attached hydrogens (tertiary/aromatic N) is 1. The third-order valence-corrected chi connectivity index (χ3v) is 6.53. The van der Waals surface area contributed by atoms with Gasteiger partial charge >= 0.3 is 0 Å². The molecule has 1 N–H and O–H groups in total. The van der Waals surface area contributed by atoms with Gasteiger partial charge in [0.15, 0.2) is 0 Å². The lowest BCUT2D eigenvalue weighted by molar-refractivity contribution is -0.114. The van der Waals surface area contributed by atoms with Crippen molar-refractivity contribution in [3.8, 4) is 0 Å². The monoisotopic (exact) mass is 450 g/mol. The molecule has 5 rings (SSSR count). The van der Waals surface area contributed by atoms with E-state index in [2.05, 4.69) is 5.32 Å². The maximum Gasteiger partial charge on any atom is 0.276 e. The number of Topliss-reactive ketones (excluding diaryl/α,β-unsaturated/α-hetero) is 1. The predicted molar refractivity (Wildman–Crippen MR) is 134 cm³/mol. The molecule has 4 nitrogen and oxygen atoms in total. The number of anilines is 2. The van der Waals surface area contributed by atoms with Crippen molar-refractivity contribution >= 4 is 34.4 Å². The van der Waals surface area contributed by atoms with Gasteiger partial charge in [-0.3, -0.25) is 14.5 Å². The van der Waals surface area contributed by atoms with Crippen LogP contribution in [-0.2, 0) is 4.79 Å². The summed E-state index contributed by atoms with van der Waals surface area (Å²) in [5, 5.41) is 5.18. The Morgan fingerprint density at radius 3 is 2.27 bits per heavy atom. The second-order valence-corrected chi connectivity index (χ2v) is 8.86. The van der Waals surface area contributed by atoms with Crippen molar-refractivity contribution in [3.05, 3.63) is 130 Å². The third-order valence-electron chi connectivity index (χ3n) is 5.66. The quantitative estimate of drug-likeness (QED) is 0.346. The lowest BCUT2D eigenvalue weighted by Gasteiger charge is -2.27. The lowest BCUT2D eigenvalue weighted by atomic mass is 9.94. The van der Waals surface area contributed by atoms with Crippen LogP contribution in [0, 0.1) is 6.92 Å². The first-order valence-electron chi connectivity index (χ1n) is 10.7. The van der Waals surface area contributed by atoms with Crippen LogP contribution in [0.4, 0.5) is 11.4 Å². The van der Waals surface area contributed by atoms with Gasteiger partial charge < -0.3 is 5.32 Å². The average Bonchev–Trinajstić information content (AvgIpc) is 3.47. The van der Waals surface area contributed by atoms with Crippen molar-refractivity contribution in [2.24, 2.45) is 0 Å². The first-order chi connectivity index (χ1) is 16.1. The summed E-state index contributed by atoms with van der Waals surface area (Å²) in [6.45, 7) is 2.00. The van der Waals surface area contributed by atoms with Gasteiger partial charge in [0.25, 0.3) is 5.91 Å². The number of carbonyl (C=O) groups excluding carboxylic acids is 2. The van der Waals surface area contributed by atoms with Gasteiger partial charge in [-0.05, 0) is 53.8 Å². The molecule has 0 spiro atoms. The molecular weight excluding hydrogens is 428 g/mol. The van der Waals surface area contributed by atoms with Crippen LogP contribution in [0.1, 0.15) is 26.8 Å². The molecule has 2 heterocycles. The largest absolute Gasteiger partial charge is 0.351 e. The summed E-state index contributed by atoms with van der Waals surface area (Å²) in [5.74, 6) is -0.364. The standard InChI is InChI=1S/C28H22N2O2S/c1-19-10-8-13-21(18-19)29-25-24(27(31)23-16-9-17-33-23)26(20-11-4-2-5-12-20)30(28(25)32)22-14-6-3-7-15-22/h2-18,26,29H,1H3. The topological polar surface area (TPSA) is 49.4 Å². The summed E-state index contributed by atoms with van der Waals surface area (Å²) in [6.07, 6.45) is 0. The van der Waals surface area contributed by atoms with Crippen LogP contribution in [0.3, 0.4) is 0 Å². The number of ketones is 1. The number of carbonyl (C=O) groups is 2. The molecule has 1 atom stereocenters. The number of para-hydroxylation sites is 1. The Morgan fingerprint density at radius 1 is 0.879 bits per heavy atom. The molecule has 4 aromatic rings. The zero-order valence-corrected chi connectivity index (χ0v) is 18.9. The Morgan fingerprint density at radius 2 is 1.61 bits per heavy atom. The van der Waals surface area contributed by atoms with E-state index in [0.717, 1.165) is 22.5 Å². The van der Waals surface area contributed by atoms with Crippen molar-refractivity contribution in [1.29, 1.82) is 0 Å². The van der Waals surface area contributed by atoms with E-state index in [9.17, 15) is 9.59 Å². The van der Waals surface area contributed by atoms with E-state index in [1.807, 2.05) is 109 Å². The molecule has 1 amide bonds. The van der Waals surface area contributed by atoms with E-state index in [0.29, 0.717) is 16.1 Å². The molecular formula is C28H22N2O2S.